The van der Waals surface area contributed by atoms with Gasteiger partial charge in [0.15, 0.2) is 5.78 Å². The van der Waals surface area contributed by atoms with Crippen LogP contribution in [0.5, 0.6) is 0 Å². The number of rotatable bonds is 3. The first-order valence-electron chi connectivity index (χ1n) is 4.75. The van der Waals surface area contributed by atoms with Crippen LogP contribution in [-0.2, 0) is 9.53 Å². The fraction of sp³-hybridized carbons (Fsp3) is 0.182. The number of nitrogens with one attached hydrogen (secondary N) is 1. The molecule has 1 N–H and O–H groups in total. The number of benzene rings is 1. The van der Waals surface area contributed by atoms with E-state index in [1.54, 1.807) is 6.07 Å². The number of aromatic nitrogens is 2. The largest absolute Gasteiger partial charge is 0.469 e. The SMILES string of the molecule is COC(=O)CC(=O)c1n[nH]c2ccccc12. The van der Waals surface area contributed by atoms with Gasteiger partial charge in [-0.05, 0) is 6.07 Å². The molecule has 0 fully saturated rings. The molecule has 0 amide bonds. The summed E-state index contributed by atoms with van der Waals surface area (Å²) in [7, 11) is 1.25. The molecule has 0 aliphatic carbocycles. The Labute approximate surface area is 91.4 Å². The predicted molar refractivity (Wildman–Crippen MR) is 57.1 cm³/mol. The molecule has 1 aromatic heterocycles. The lowest BCUT2D eigenvalue weighted by Gasteiger charge is -1.96. The van der Waals surface area contributed by atoms with Crippen LogP contribution in [0.2, 0.25) is 0 Å². The topological polar surface area (TPSA) is 72.1 Å². The van der Waals surface area contributed by atoms with Gasteiger partial charge < -0.3 is 4.74 Å². The third-order valence-electron chi connectivity index (χ3n) is 2.27. The Bertz CT molecular complexity index is 545. The van der Waals surface area contributed by atoms with Crippen molar-refractivity contribution in [3.05, 3.63) is 30.0 Å². The van der Waals surface area contributed by atoms with Gasteiger partial charge in [0.1, 0.15) is 12.1 Å². The molecule has 0 spiro atoms. The van der Waals surface area contributed by atoms with Crippen molar-refractivity contribution >= 4 is 22.7 Å². The number of Topliss-reactive ketones (excluding diaryl/α,β-unsaturated/α-hetero) is 1. The van der Waals surface area contributed by atoms with Crippen molar-refractivity contribution in [3.63, 3.8) is 0 Å². The summed E-state index contributed by atoms with van der Waals surface area (Å²) in [6.45, 7) is 0. The van der Waals surface area contributed by atoms with Crippen LogP contribution in [0.25, 0.3) is 10.9 Å². The maximum Gasteiger partial charge on any atom is 0.313 e. The number of para-hydroxylation sites is 1. The van der Waals surface area contributed by atoms with Crippen LogP contribution >= 0.6 is 0 Å². The number of fused-ring (bicyclic) bond motifs is 1. The van der Waals surface area contributed by atoms with E-state index in [1.165, 1.54) is 7.11 Å². The van der Waals surface area contributed by atoms with Crippen LogP contribution in [0.1, 0.15) is 16.9 Å². The van der Waals surface area contributed by atoms with Gasteiger partial charge in [0, 0.05) is 5.39 Å². The van der Waals surface area contributed by atoms with Crippen molar-refractivity contribution in [2.75, 3.05) is 7.11 Å². The second-order valence-corrected chi connectivity index (χ2v) is 3.29. The number of ketones is 1. The molecule has 0 unspecified atom stereocenters. The average Bonchev–Trinajstić information content (AvgIpc) is 2.72. The van der Waals surface area contributed by atoms with Gasteiger partial charge in [-0.25, -0.2) is 0 Å². The zero-order valence-corrected chi connectivity index (χ0v) is 8.69. The van der Waals surface area contributed by atoms with Gasteiger partial charge in [0.2, 0.25) is 0 Å². The maximum absolute atomic E-state index is 11.7. The van der Waals surface area contributed by atoms with Gasteiger partial charge in [-0.3, -0.25) is 14.7 Å². The molecule has 0 bridgehead atoms. The summed E-state index contributed by atoms with van der Waals surface area (Å²) in [6, 6.07) is 7.25. The van der Waals surface area contributed by atoms with E-state index >= 15 is 0 Å². The van der Waals surface area contributed by atoms with Crippen LogP contribution in [0.3, 0.4) is 0 Å². The summed E-state index contributed by atoms with van der Waals surface area (Å²) in [5.74, 6) is -0.901. The quantitative estimate of drug-likeness (QED) is 0.479. The Kier molecular flexibility index (Phi) is 2.68. The van der Waals surface area contributed by atoms with Crippen LogP contribution in [0.15, 0.2) is 24.3 Å². The normalized spacial score (nSPS) is 10.3. The summed E-state index contributed by atoms with van der Waals surface area (Å²) in [6.07, 6.45) is -0.286. The molecule has 82 valence electrons. The number of H-pyrrole nitrogens is 1. The molecule has 0 atom stereocenters. The molecule has 0 aliphatic heterocycles. The van der Waals surface area contributed by atoms with Crippen molar-refractivity contribution in [2.45, 2.75) is 6.42 Å². The van der Waals surface area contributed by atoms with E-state index in [4.69, 9.17) is 0 Å². The highest BCUT2D eigenvalue weighted by atomic mass is 16.5. The summed E-state index contributed by atoms with van der Waals surface area (Å²) in [5.41, 5.74) is 1.05. The van der Waals surface area contributed by atoms with Crippen LogP contribution in [-0.4, -0.2) is 29.1 Å². The van der Waals surface area contributed by atoms with Gasteiger partial charge in [0.25, 0.3) is 0 Å². The Morgan fingerprint density at radius 2 is 2.12 bits per heavy atom. The lowest BCUT2D eigenvalue weighted by atomic mass is 10.1. The van der Waals surface area contributed by atoms with Crippen molar-refractivity contribution in [3.8, 4) is 0 Å². The number of methoxy groups -OCH3 is 1. The van der Waals surface area contributed by atoms with Crippen LogP contribution < -0.4 is 0 Å². The second-order valence-electron chi connectivity index (χ2n) is 3.29. The molecule has 16 heavy (non-hydrogen) atoms. The van der Waals surface area contributed by atoms with Gasteiger partial charge in [0.05, 0.1) is 12.6 Å². The standard InChI is InChI=1S/C11H10N2O3/c1-16-10(15)6-9(14)11-7-4-2-3-5-8(7)12-13-11/h2-5H,6H2,1H3,(H,12,13). The van der Waals surface area contributed by atoms with Crippen molar-refractivity contribution in [1.29, 1.82) is 0 Å². The number of carbonyl (C=O) groups excluding carboxylic acids is 2. The van der Waals surface area contributed by atoms with E-state index in [-0.39, 0.29) is 17.9 Å². The van der Waals surface area contributed by atoms with Crippen molar-refractivity contribution in [1.82, 2.24) is 10.2 Å². The summed E-state index contributed by atoms with van der Waals surface area (Å²) < 4.78 is 4.43. The van der Waals surface area contributed by atoms with E-state index in [0.29, 0.717) is 0 Å². The van der Waals surface area contributed by atoms with Gasteiger partial charge in [-0.2, -0.15) is 5.10 Å². The fourth-order valence-corrected chi connectivity index (χ4v) is 1.46. The predicted octanol–water partition coefficient (Wildman–Crippen LogP) is 1.31. The molecule has 1 aromatic carbocycles. The number of carbonyl (C=O) groups is 2. The third-order valence-corrected chi connectivity index (χ3v) is 2.27. The minimum atomic E-state index is -0.558. The van der Waals surface area contributed by atoms with E-state index in [2.05, 4.69) is 14.9 Å². The Morgan fingerprint density at radius 1 is 1.38 bits per heavy atom. The average molecular weight is 218 g/mol. The van der Waals surface area contributed by atoms with Crippen molar-refractivity contribution in [2.24, 2.45) is 0 Å². The Morgan fingerprint density at radius 3 is 2.88 bits per heavy atom. The van der Waals surface area contributed by atoms with Gasteiger partial charge in [-0.1, -0.05) is 18.2 Å². The molecule has 1 heterocycles. The first-order chi connectivity index (χ1) is 7.72. The molecule has 2 aromatic rings. The number of hydrogen-bond acceptors (Lipinski definition) is 4. The molecule has 0 saturated heterocycles. The monoisotopic (exact) mass is 218 g/mol. The van der Waals surface area contributed by atoms with Crippen molar-refractivity contribution < 1.29 is 14.3 Å². The van der Waals surface area contributed by atoms with E-state index < -0.39 is 5.97 Å². The van der Waals surface area contributed by atoms with Crippen LogP contribution in [0.4, 0.5) is 0 Å². The van der Waals surface area contributed by atoms with E-state index in [1.807, 2.05) is 18.2 Å². The lowest BCUT2D eigenvalue weighted by molar-refractivity contribution is -0.139. The zero-order chi connectivity index (χ0) is 11.5. The molecule has 0 saturated carbocycles. The van der Waals surface area contributed by atoms with Crippen LogP contribution in [0, 0.1) is 0 Å². The fourth-order valence-electron chi connectivity index (χ4n) is 1.46. The van der Waals surface area contributed by atoms with Gasteiger partial charge >= 0.3 is 5.97 Å². The highest BCUT2D eigenvalue weighted by molar-refractivity contribution is 6.11. The van der Waals surface area contributed by atoms with E-state index in [0.717, 1.165) is 10.9 Å². The molecule has 0 radical (unpaired) electrons. The molecule has 2 rings (SSSR count). The highest BCUT2D eigenvalue weighted by Gasteiger charge is 2.17. The minimum absolute atomic E-state index is 0.279. The summed E-state index contributed by atoms with van der Waals surface area (Å²) in [5, 5.41) is 7.36. The number of hydrogen-bond donors (Lipinski definition) is 1. The molecule has 5 heteroatoms. The lowest BCUT2D eigenvalue weighted by Crippen LogP contribution is -2.10. The number of ether oxygens (including phenoxy) is 1. The smallest absolute Gasteiger partial charge is 0.313 e. The van der Waals surface area contributed by atoms with Gasteiger partial charge in [-0.15, -0.1) is 0 Å². The molecule has 0 aliphatic rings. The minimum Gasteiger partial charge on any atom is -0.469 e. The first-order valence-corrected chi connectivity index (χ1v) is 4.75. The summed E-state index contributed by atoms with van der Waals surface area (Å²) >= 11 is 0. The first kappa shape index (κ1) is 10.4. The molecule has 5 nitrogen and oxygen atoms in total. The van der Waals surface area contributed by atoms with E-state index in [9.17, 15) is 9.59 Å². The highest BCUT2D eigenvalue weighted by Crippen LogP contribution is 2.16. The zero-order valence-electron chi connectivity index (χ0n) is 8.69. The number of aromatic amines is 1. The Balaban J connectivity index is 2.33. The molecular weight excluding hydrogens is 208 g/mol. The Hall–Kier alpha value is -2.17. The summed E-state index contributed by atoms with van der Waals surface area (Å²) in [4.78, 5) is 22.7. The maximum atomic E-state index is 11.7. The molecular formula is C11H10N2O3. The third kappa shape index (κ3) is 1.79. The number of esters is 1. The second kappa shape index (κ2) is 4.14. The number of nitrogens with zero attached hydrogens (tertiary/aromatic N) is 1.